The maximum Gasteiger partial charge on any atom is 0.118 e. The van der Waals surface area contributed by atoms with Crippen molar-refractivity contribution in [1.82, 2.24) is 0 Å². The lowest BCUT2D eigenvalue weighted by atomic mass is 9.98. The average molecular weight is 242 g/mol. The Kier molecular flexibility index (Phi) is 3.81. The Bertz CT molecular complexity index is 264. The van der Waals surface area contributed by atoms with Gasteiger partial charge in [0.1, 0.15) is 5.60 Å². The second kappa shape index (κ2) is 4.87. The van der Waals surface area contributed by atoms with Gasteiger partial charge in [0.2, 0.25) is 0 Å². The number of hydrogen-bond donors (Lipinski definition) is 0. The van der Waals surface area contributed by atoms with E-state index in [2.05, 4.69) is 34.6 Å². The van der Waals surface area contributed by atoms with Crippen molar-refractivity contribution in [2.24, 2.45) is 5.92 Å². The van der Waals surface area contributed by atoms with Gasteiger partial charge in [-0.25, -0.2) is 0 Å². The third-order valence-corrected chi connectivity index (χ3v) is 3.91. The summed E-state index contributed by atoms with van der Waals surface area (Å²) >= 11 is 0. The summed E-state index contributed by atoms with van der Waals surface area (Å²) < 4.78 is 18.1. The number of hydrogen-bond acceptors (Lipinski definition) is 3. The fourth-order valence-electron chi connectivity index (χ4n) is 3.17. The van der Waals surface area contributed by atoms with Crippen molar-refractivity contribution in [3.63, 3.8) is 0 Å². The monoisotopic (exact) mass is 242 g/mol. The molecule has 0 radical (unpaired) electrons. The van der Waals surface area contributed by atoms with E-state index in [0.29, 0.717) is 18.6 Å². The van der Waals surface area contributed by atoms with Gasteiger partial charge in [-0.1, -0.05) is 0 Å². The van der Waals surface area contributed by atoms with Crippen LogP contribution in [0.25, 0.3) is 0 Å². The Hall–Kier alpha value is -0.120. The van der Waals surface area contributed by atoms with Crippen molar-refractivity contribution < 1.29 is 14.2 Å². The molecule has 1 unspecified atom stereocenters. The van der Waals surface area contributed by atoms with Crippen molar-refractivity contribution >= 4 is 0 Å². The molecular formula is C14H26O3. The predicted octanol–water partition coefficient (Wildman–Crippen LogP) is 2.77. The lowest BCUT2D eigenvalue weighted by Gasteiger charge is -2.33. The SMILES string of the molecule is CC(C)OC[C@@]12CC[C@@H](C(C)O1)[C@@H]2OC(C)C. The molecule has 2 bridgehead atoms. The molecule has 1 aliphatic carbocycles. The molecule has 1 saturated heterocycles. The molecule has 2 fully saturated rings. The Morgan fingerprint density at radius 1 is 1.24 bits per heavy atom. The lowest BCUT2D eigenvalue weighted by Crippen LogP contribution is -2.44. The van der Waals surface area contributed by atoms with Gasteiger partial charge in [-0.3, -0.25) is 0 Å². The van der Waals surface area contributed by atoms with Crippen molar-refractivity contribution in [3.05, 3.63) is 0 Å². The summed E-state index contributed by atoms with van der Waals surface area (Å²) in [5.74, 6) is 0.549. The zero-order valence-electron chi connectivity index (χ0n) is 11.7. The van der Waals surface area contributed by atoms with Crippen LogP contribution in [0.15, 0.2) is 0 Å². The fourth-order valence-corrected chi connectivity index (χ4v) is 3.17. The summed E-state index contributed by atoms with van der Waals surface area (Å²) in [6, 6.07) is 0. The molecular weight excluding hydrogens is 216 g/mol. The first-order valence-electron chi connectivity index (χ1n) is 6.89. The molecule has 100 valence electrons. The van der Waals surface area contributed by atoms with E-state index in [1.807, 2.05) is 0 Å². The van der Waals surface area contributed by atoms with E-state index in [1.165, 1.54) is 6.42 Å². The fraction of sp³-hybridized carbons (Fsp3) is 1.00. The molecule has 0 spiro atoms. The highest BCUT2D eigenvalue weighted by molar-refractivity contribution is 5.08. The van der Waals surface area contributed by atoms with Crippen LogP contribution in [0.3, 0.4) is 0 Å². The molecule has 0 N–H and O–H groups in total. The third-order valence-electron chi connectivity index (χ3n) is 3.91. The molecule has 1 heterocycles. The predicted molar refractivity (Wildman–Crippen MR) is 67.1 cm³/mol. The van der Waals surface area contributed by atoms with Crippen LogP contribution >= 0.6 is 0 Å². The normalized spacial score (nSPS) is 40.8. The van der Waals surface area contributed by atoms with Gasteiger partial charge in [-0.15, -0.1) is 0 Å². The zero-order valence-corrected chi connectivity index (χ0v) is 11.7. The summed E-state index contributed by atoms with van der Waals surface area (Å²) in [4.78, 5) is 0. The molecule has 1 saturated carbocycles. The van der Waals surface area contributed by atoms with Crippen LogP contribution in [-0.2, 0) is 14.2 Å². The van der Waals surface area contributed by atoms with Gasteiger partial charge < -0.3 is 14.2 Å². The third kappa shape index (κ3) is 2.51. The summed E-state index contributed by atoms with van der Waals surface area (Å²) in [6.45, 7) is 11.2. The van der Waals surface area contributed by atoms with E-state index in [-0.39, 0.29) is 23.9 Å². The quantitative estimate of drug-likeness (QED) is 0.742. The second-order valence-corrected chi connectivity index (χ2v) is 6.06. The molecule has 2 aliphatic rings. The Morgan fingerprint density at radius 3 is 2.47 bits per heavy atom. The van der Waals surface area contributed by atoms with Crippen molar-refractivity contribution in [2.75, 3.05) is 6.61 Å². The topological polar surface area (TPSA) is 27.7 Å². The summed E-state index contributed by atoms with van der Waals surface area (Å²) in [7, 11) is 0. The van der Waals surface area contributed by atoms with Gasteiger partial charge in [0, 0.05) is 5.92 Å². The largest absolute Gasteiger partial charge is 0.376 e. The maximum absolute atomic E-state index is 6.16. The lowest BCUT2D eigenvalue weighted by molar-refractivity contribution is -0.152. The van der Waals surface area contributed by atoms with Gasteiger partial charge in [-0.05, 0) is 47.5 Å². The van der Waals surface area contributed by atoms with Crippen LogP contribution < -0.4 is 0 Å². The molecule has 0 aromatic carbocycles. The smallest absolute Gasteiger partial charge is 0.118 e. The molecule has 0 aromatic rings. The van der Waals surface area contributed by atoms with E-state index in [4.69, 9.17) is 14.2 Å². The van der Waals surface area contributed by atoms with Crippen LogP contribution in [0.4, 0.5) is 0 Å². The van der Waals surface area contributed by atoms with Crippen LogP contribution in [0.5, 0.6) is 0 Å². The van der Waals surface area contributed by atoms with Crippen LogP contribution in [0.1, 0.15) is 47.5 Å². The van der Waals surface area contributed by atoms with E-state index in [9.17, 15) is 0 Å². The van der Waals surface area contributed by atoms with E-state index in [0.717, 1.165) is 6.42 Å². The number of fused-ring (bicyclic) bond motifs is 2. The van der Waals surface area contributed by atoms with Crippen LogP contribution in [-0.4, -0.2) is 36.6 Å². The first kappa shape index (κ1) is 13.3. The van der Waals surface area contributed by atoms with Gasteiger partial charge >= 0.3 is 0 Å². The first-order chi connectivity index (χ1) is 7.94. The highest BCUT2D eigenvalue weighted by Crippen LogP contribution is 2.50. The molecule has 3 nitrogen and oxygen atoms in total. The van der Waals surface area contributed by atoms with E-state index >= 15 is 0 Å². The number of rotatable bonds is 5. The van der Waals surface area contributed by atoms with Gasteiger partial charge in [0.15, 0.2) is 0 Å². The van der Waals surface area contributed by atoms with Gasteiger partial charge in [0.05, 0.1) is 31.0 Å². The maximum atomic E-state index is 6.16. The highest BCUT2D eigenvalue weighted by Gasteiger charge is 2.59. The standard InChI is InChI=1S/C14H26O3/c1-9(2)15-8-14-7-6-12(11(5)17-14)13(14)16-10(3)4/h9-13H,6-8H2,1-5H3/t11?,12-,13-,14+/m0/s1. The molecule has 17 heavy (non-hydrogen) atoms. The van der Waals surface area contributed by atoms with Crippen molar-refractivity contribution in [2.45, 2.75) is 77.5 Å². The van der Waals surface area contributed by atoms with E-state index < -0.39 is 0 Å². The highest BCUT2D eigenvalue weighted by atomic mass is 16.6. The minimum absolute atomic E-state index is 0.182. The molecule has 0 amide bonds. The Morgan fingerprint density at radius 2 is 1.94 bits per heavy atom. The summed E-state index contributed by atoms with van der Waals surface area (Å²) in [6.07, 6.45) is 3.32. The first-order valence-corrected chi connectivity index (χ1v) is 6.89. The second-order valence-electron chi connectivity index (χ2n) is 6.06. The van der Waals surface area contributed by atoms with Crippen LogP contribution in [0.2, 0.25) is 0 Å². The molecule has 1 aliphatic heterocycles. The molecule has 4 atom stereocenters. The molecule has 0 aromatic heterocycles. The molecule has 2 rings (SSSR count). The number of ether oxygens (including phenoxy) is 3. The zero-order chi connectivity index (χ0) is 12.6. The Labute approximate surface area is 105 Å². The molecule has 3 heteroatoms. The minimum atomic E-state index is -0.182. The average Bonchev–Trinajstić information content (AvgIpc) is 2.67. The van der Waals surface area contributed by atoms with E-state index in [1.54, 1.807) is 0 Å². The minimum Gasteiger partial charge on any atom is -0.376 e. The summed E-state index contributed by atoms with van der Waals surface area (Å²) in [5.41, 5.74) is -0.182. The van der Waals surface area contributed by atoms with Gasteiger partial charge in [-0.2, -0.15) is 0 Å². The van der Waals surface area contributed by atoms with Crippen molar-refractivity contribution in [3.8, 4) is 0 Å². The van der Waals surface area contributed by atoms with Crippen molar-refractivity contribution in [1.29, 1.82) is 0 Å². The summed E-state index contributed by atoms with van der Waals surface area (Å²) in [5, 5.41) is 0. The Balaban J connectivity index is 2.07. The van der Waals surface area contributed by atoms with Gasteiger partial charge in [0.25, 0.3) is 0 Å². The van der Waals surface area contributed by atoms with Crippen LogP contribution in [0, 0.1) is 5.92 Å².